The van der Waals surface area contributed by atoms with Gasteiger partial charge in [-0.05, 0) is 130 Å². The summed E-state index contributed by atoms with van der Waals surface area (Å²) in [6.45, 7) is 10.1. The van der Waals surface area contributed by atoms with Crippen molar-refractivity contribution in [2.24, 2.45) is 28.6 Å². The largest absolute Gasteiger partial charge is 0.394 e. The Bertz CT molecular complexity index is 1590. The number of carbonyl (C=O) groups excluding carboxylic acids is 1. The highest BCUT2D eigenvalue weighted by Gasteiger charge is 2.58. The Morgan fingerprint density at radius 2 is 1.88 bits per heavy atom. The average molecular weight is 724 g/mol. The SMILES string of the molecule is CC1=CCCC2(C)C(CCC2(O)CN(CC(O)CO)CC2CCC3CC2C3(C)C)c2ccc(cc2C(=O)Cc2c(F)cccc2Cl)CC(O)CC1. The van der Waals surface area contributed by atoms with E-state index in [0.29, 0.717) is 61.5 Å². The minimum Gasteiger partial charge on any atom is -0.394 e. The number of aliphatic hydroxyl groups is 4. The fraction of sp³-hybridized carbons (Fsp3) is 0.651. The number of allylic oxidation sites excluding steroid dienone is 2. The lowest BCUT2D eigenvalue weighted by Crippen LogP contribution is -2.58. The smallest absolute Gasteiger partial charge is 0.167 e. The number of aliphatic hydroxyl groups excluding tert-OH is 3. The fourth-order valence-corrected chi connectivity index (χ4v) is 10.9. The molecule has 4 fully saturated rings. The van der Waals surface area contributed by atoms with Crippen molar-refractivity contribution in [1.29, 1.82) is 0 Å². The summed E-state index contributed by atoms with van der Waals surface area (Å²) in [5.74, 6) is 0.937. The molecule has 8 rings (SSSR count). The Labute approximate surface area is 309 Å². The zero-order valence-corrected chi connectivity index (χ0v) is 31.8. The van der Waals surface area contributed by atoms with Crippen LogP contribution < -0.4 is 0 Å². The van der Waals surface area contributed by atoms with E-state index in [1.165, 1.54) is 30.5 Å². The molecular weight excluding hydrogens is 665 g/mol. The maximum Gasteiger partial charge on any atom is 0.167 e. The van der Waals surface area contributed by atoms with Crippen LogP contribution in [0.3, 0.4) is 0 Å². The molecule has 8 unspecified atom stereocenters. The number of halogens is 2. The van der Waals surface area contributed by atoms with Crippen molar-refractivity contribution in [3.63, 3.8) is 0 Å². The summed E-state index contributed by atoms with van der Waals surface area (Å²) in [7, 11) is 0. The molecule has 51 heavy (non-hydrogen) atoms. The minimum absolute atomic E-state index is 0.168. The lowest BCUT2D eigenvalue weighted by atomic mass is 9.45. The van der Waals surface area contributed by atoms with E-state index in [2.05, 4.69) is 38.7 Å². The summed E-state index contributed by atoms with van der Waals surface area (Å²) < 4.78 is 15.0. The van der Waals surface area contributed by atoms with Crippen LogP contribution in [0.2, 0.25) is 5.02 Å². The van der Waals surface area contributed by atoms with Gasteiger partial charge in [0.1, 0.15) is 5.82 Å². The molecule has 0 heterocycles. The first-order valence-corrected chi connectivity index (χ1v) is 19.7. The van der Waals surface area contributed by atoms with Crippen molar-refractivity contribution < 1.29 is 29.6 Å². The van der Waals surface area contributed by atoms with Gasteiger partial charge in [-0.25, -0.2) is 4.39 Å². The third-order valence-electron chi connectivity index (χ3n) is 14.0. The van der Waals surface area contributed by atoms with Crippen LogP contribution in [0.25, 0.3) is 0 Å². The molecule has 280 valence electrons. The van der Waals surface area contributed by atoms with Crippen LogP contribution in [0.4, 0.5) is 4.39 Å². The van der Waals surface area contributed by atoms with Crippen molar-refractivity contribution in [3.8, 4) is 0 Å². The van der Waals surface area contributed by atoms with Gasteiger partial charge >= 0.3 is 0 Å². The molecular formula is C43H59ClFNO5. The Morgan fingerprint density at radius 3 is 2.59 bits per heavy atom. The second-order valence-electron chi connectivity index (χ2n) is 17.5. The highest BCUT2D eigenvalue weighted by atomic mass is 35.5. The number of carbonyl (C=O) groups is 1. The fourth-order valence-electron chi connectivity index (χ4n) is 10.6. The predicted molar refractivity (Wildman–Crippen MR) is 200 cm³/mol. The number of rotatable bonds is 10. The van der Waals surface area contributed by atoms with E-state index in [0.717, 1.165) is 42.9 Å². The van der Waals surface area contributed by atoms with Crippen LogP contribution in [0.15, 0.2) is 48.0 Å². The lowest BCUT2D eigenvalue weighted by Gasteiger charge is -2.61. The van der Waals surface area contributed by atoms with Crippen molar-refractivity contribution in [2.75, 3.05) is 26.2 Å². The standard InChI is InChI=1S/C43H59ClFNO5/c1-27-7-6-17-42(4)36(16-18-43(42,51)26-46(24-32(49)25-47)23-29-12-13-30-21-37(29)41(30,2)3)33-15-11-28(19-31(48)14-10-27)20-34(33)40(50)22-35-38(44)8-5-9-39(35)45/h5,7-9,11,15,20,29-32,36-37,47-49,51H,6,10,12-14,16-19,21-26H2,1-4H3. The Balaban J connectivity index is 1.37. The molecule has 0 saturated heterocycles. The van der Waals surface area contributed by atoms with Crippen LogP contribution in [0.5, 0.6) is 0 Å². The first kappa shape index (κ1) is 38.6. The molecule has 6 aliphatic carbocycles. The topological polar surface area (TPSA) is 101 Å². The van der Waals surface area contributed by atoms with Gasteiger partial charge in [-0.15, -0.1) is 0 Å². The second kappa shape index (κ2) is 15.3. The van der Waals surface area contributed by atoms with E-state index < -0.39 is 29.0 Å². The molecule has 0 amide bonds. The van der Waals surface area contributed by atoms with E-state index in [4.69, 9.17) is 11.6 Å². The normalized spacial score (nSPS) is 32.5. The molecule has 4 saturated carbocycles. The number of Topliss-reactive ketones (excluding diaryl/α,β-unsaturated/α-hetero) is 1. The third kappa shape index (κ3) is 7.77. The van der Waals surface area contributed by atoms with Crippen LogP contribution in [0.1, 0.15) is 118 Å². The monoisotopic (exact) mass is 723 g/mol. The maximum absolute atomic E-state index is 15.0. The van der Waals surface area contributed by atoms with Crippen LogP contribution in [-0.2, 0) is 12.8 Å². The molecule has 2 aromatic rings. The van der Waals surface area contributed by atoms with Gasteiger partial charge in [0.2, 0.25) is 0 Å². The number of nitrogens with zero attached hydrogens (tertiary/aromatic N) is 1. The Hall–Kier alpha value is -2.13. The third-order valence-corrected chi connectivity index (χ3v) is 14.4. The Morgan fingerprint density at radius 1 is 1.10 bits per heavy atom. The molecule has 0 aromatic heterocycles. The van der Waals surface area contributed by atoms with Gasteiger partial charge in [0, 0.05) is 47.6 Å². The molecule has 0 radical (unpaired) electrons. The summed E-state index contributed by atoms with van der Waals surface area (Å²) in [4.78, 5) is 16.5. The maximum atomic E-state index is 15.0. The summed E-state index contributed by atoms with van der Waals surface area (Å²) in [6, 6.07) is 10.3. The van der Waals surface area contributed by atoms with E-state index in [9.17, 15) is 29.6 Å². The summed E-state index contributed by atoms with van der Waals surface area (Å²) in [6.07, 6.45) is 8.55. The zero-order valence-electron chi connectivity index (χ0n) is 31.0. The first-order valence-electron chi connectivity index (χ1n) is 19.3. The van der Waals surface area contributed by atoms with Gasteiger partial charge in [-0.1, -0.05) is 62.2 Å². The van der Waals surface area contributed by atoms with Crippen molar-refractivity contribution in [3.05, 3.63) is 81.1 Å². The van der Waals surface area contributed by atoms with Gasteiger partial charge in [0.05, 0.1) is 24.4 Å². The molecule has 0 spiro atoms. The highest BCUT2D eigenvalue weighted by Crippen LogP contribution is 2.62. The van der Waals surface area contributed by atoms with Crippen molar-refractivity contribution in [2.45, 2.75) is 122 Å². The van der Waals surface area contributed by atoms with Gasteiger partial charge in [0.25, 0.3) is 0 Å². The van der Waals surface area contributed by atoms with E-state index >= 15 is 0 Å². The predicted octanol–water partition coefficient (Wildman–Crippen LogP) is 7.67. The summed E-state index contributed by atoms with van der Waals surface area (Å²) >= 11 is 6.39. The molecule has 4 N–H and O–H groups in total. The summed E-state index contributed by atoms with van der Waals surface area (Å²) in [5, 5.41) is 44.8. The number of ketones is 1. The van der Waals surface area contributed by atoms with Crippen molar-refractivity contribution in [1.82, 2.24) is 4.90 Å². The van der Waals surface area contributed by atoms with Gasteiger partial charge in [-0.2, -0.15) is 0 Å². The molecule has 6 aliphatic rings. The Kier molecular flexibility index (Phi) is 11.6. The van der Waals surface area contributed by atoms with Crippen LogP contribution in [-0.4, -0.2) is 75.2 Å². The lowest BCUT2D eigenvalue weighted by molar-refractivity contribution is -0.126. The van der Waals surface area contributed by atoms with Crippen LogP contribution >= 0.6 is 11.6 Å². The number of fused-ring (bicyclic) bond motifs is 10. The molecule has 8 heteroatoms. The van der Waals surface area contributed by atoms with Gasteiger partial charge in [-0.3, -0.25) is 9.69 Å². The quantitative estimate of drug-likeness (QED) is 0.148. The average Bonchev–Trinajstić information content (AvgIpc) is 3.33. The van der Waals surface area contributed by atoms with E-state index in [-0.39, 0.29) is 41.9 Å². The molecule has 6 nitrogen and oxygen atoms in total. The molecule has 2 aromatic carbocycles. The minimum atomic E-state index is -1.14. The van der Waals surface area contributed by atoms with Gasteiger partial charge in [0.15, 0.2) is 5.78 Å². The van der Waals surface area contributed by atoms with E-state index in [1.54, 1.807) is 6.07 Å². The van der Waals surface area contributed by atoms with E-state index in [1.807, 2.05) is 18.2 Å². The number of hydrogen-bond acceptors (Lipinski definition) is 6. The first-order chi connectivity index (χ1) is 24.1. The van der Waals surface area contributed by atoms with Crippen molar-refractivity contribution >= 4 is 17.4 Å². The number of hydrogen-bond donors (Lipinski definition) is 4. The number of benzene rings is 2. The molecule has 4 bridgehead atoms. The van der Waals surface area contributed by atoms with Gasteiger partial charge < -0.3 is 20.4 Å². The highest BCUT2D eigenvalue weighted by molar-refractivity contribution is 6.31. The molecule has 8 atom stereocenters. The summed E-state index contributed by atoms with van der Waals surface area (Å²) in [5.41, 5.74) is 2.10. The van der Waals surface area contributed by atoms with Crippen LogP contribution in [0, 0.1) is 34.4 Å². The second-order valence-corrected chi connectivity index (χ2v) is 17.9. The molecule has 0 aliphatic heterocycles. The zero-order chi connectivity index (χ0) is 36.7.